The van der Waals surface area contributed by atoms with Crippen molar-refractivity contribution in [2.75, 3.05) is 24.9 Å². The van der Waals surface area contributed by atoms with Gasteiger partial charge < -0.3 is 9.64 Å². The first-order valence-corrected chi connectivity index (χ1v) is 13.5. The Morgan fingerprint density at radius 2 is 1.86 bits per heavy atom. The number of likely N-dealkylation sites (N-methyl/N-ethyl adjacent to an activating group) is 1. The lowest BCUT2D eigenvalue weighted by Crippen LogP contribution is -2.23. The van der Waals surface area contributed by atoms with Crippen LogP contribution in [0.5, 0.6) is 5.75 Å². The Bertz CT molecular complexity index is 1360. The average molecular weight is 545 g/mol. The second kappa shape index (κ2) is 9.65. The van der Waals surface area contributed by atoms with E-state index >= 15 is 0 Å². The maximum Gasteiger partial charge on any atom is 0.419 e. The van der Waals surface area contributed by atoms with Crippen LogP contribution in [0.3, 0.4) is 0 Å². The van der Waals surface area contributed by atoms with Gasteiger partial charge in [0.05, 0.1) is 21.2 Å². The molecule has 2 heterocycles. The molecule has 11 heteroatoms. The SMILES string of the molecule is Cc1ccc(-c2sc(S(=O)(=O)Nc3ccc(C(F)(F)F)c(OC4CCN(C)C4)c3)cc2Cl)cc1C. The van der Waals surface area contributed by atoms with Crippen LogP contribution in [-0.2, 0) is 16.2 Å². The summed E-state index contributed by atoms with van der Waals surface area (Å²) >= 11 is 7.35. The van der Waals surface area contributed by atoms with Crippen molar-refractivity contribution in [1.82, 2.24) is 4.90 Å². The molecule has 2 aromatic carbocycles. The number of nitrogens with one attached hydrogen (secondary N) is 1. The number of hydrogen-bond acceptors (Lipinski definition) is 5. The highest BCUT2D eigenvalue weighted by atomic mass is 35.5. The highest BCUT2D eigenvalue weighted by Crippen LogP contribution is 2.41. The maximum atomic E-state index is 13.6. The zero-order chi connectivity index (χ0) is 25.5. The van der Waals surface area contributed by atoms with Crippen LogP contribution in [0, 0.1) is 13.8 Å². The summed E-state index contributed by atoms with van der Waals surface area (Å²) in [5.74, 6) is -0.405. The first kappa shape index (κ1) is 25.8. The summed E-state index contributed by atoms with van der Waals surface area (Å²) in [6.45, 7) is 5.12. The van der Waals surface area contributed by atoms with Crippen LogP contribution >= 0.6 is 22.9 Å². The van der Waals surface area contributed by atoms with Gasteiger partial charge in [0.15, 0.2) is 0 Å². The average Bonchev–Trinajstić information content (AvgIpc) is 3.35. The lowest BCUT2D eigenvalue weighted by Gasteiger charge is -2.19. The van der Waals surface area contributed by atoms with Gasteiger partial charge in [-0.25, -0.2) is 8.42 Å². The fraction of sp³-hybridized carbons (Fsp3) is 0.333. The minimum Gasteiger partial charge on any atom is -0.488 e. The molecule has 35 heavy (non-hydrogen) atoms. The van der Waals surface area contributed by atoms with Crippen molar-refractivity contribution in [2.24, 2.45) is 0 Å². The number of sulfonamides is 1. The van der Waals surface area contributed by atoms with E-state index in [1.54, 1.807) is 0 Å². The predicted octanol–water partition coefficient (Wildman–Crippen LogP) is 6.59. The van der Waals surface area contributed by atoms with Gasteiger partial charge in [0.2, 0.25) is 0 Å². The molecular weight excluding hydrogens is 521 g/mol. The highest BCUT2D eigenvalue weighted by molar-refractivity contribution is 7.94. The minimum atomic E-state index is -4.64. The molecule has 4 rings (SSSR count). The maximum absolute atomic E-state index is 13.6. The van der Waals surface area contributed by atoms with Crippen LogP contribution < -0.4 is 9.46 Å². The number of thiophene rings is 1. The molecule has 0 aliphatic carbocycles. The van der Waals surface area contributed by atoms with Crippen molar-refractivity contribution in [3.8, 4) is 16.2 Å². The van der Waals surface area contributed by atoms with Gasteiger partial charge in [0, 0.05) is 19.2 Å². The molecule has 1 unspecified atom stereocenters. The van der Waals surface area contributed by atoms with Crippen LogP contribution in [0.4, 0.5) is 18.9 Å². The summed E-state index contributed by atoms with van der Waals surface area (Å²) in [7, 11) is -2.25. The molecule has 1 aromatic heterocycles. The molecule has 0 spiro atoms. The predicted molar refractivity (Wildman–Crippen MR) is 133 cm³/mol. The Morgan fingerprint density at radius 3 is 2.49 bits per heavy atom. The molecule has 188 valence electrons. The van der Waals surface area contributed by atoms with Gasteiger partial charge in [-0.2, -0.15) is 13.2 Å². The number of aryl methyl sites for hydroxylation is 2. The molecule has 0 saturated carbocycles. The van der Waals surface area contributed by atoms with Crippen LogP contribution in [0.15, 0.2) is 46.7 Å². The standard InChI is InChI=1S/C24H24ClF3N2O3S2/c1-14-4-5-16(10-15(14)2)23-20(25)12-22(34-23)35(31,32)29-17-6-7-19(24(26,27)28)21(11-17)33-18-8-9-30(3)13-18/h4-7,10-12,18,29H,8-9,13H2,1-3H3. The fourth-order valence-electron chi connectivity index (χ4n) is 3.85. The third kappa shape index (κ3) is 5.77. The number of rotatable bonds is 6. The molecule has 1 fully saturated rings. The van der Waals surface area contributed by atoms with Gasteiger partial charge in [-0.3, -0.25) is 4.72 Å². The Hall–Kier alpha value is -2.27. The fourth-order valence-corrected chi connectivity index (χ4v) is 6.72. The third-order valence-corrected chi connectivity index (χ3v) is 9.33. The molecule has 0 amide bonds. The molecule has 0 bridgehead atoms. The lowest BCUT2D eigenvalue weighted by molar-refractivity contribution is -0.139. The van der Waals surface area contributed by atoms with Crippen LogP contribution in [0.1, 0.15) is 23.1 Å². The highest BCUT2D eigenvalue weighted by Gasteiger charge is 2.36. The van der Waals surface area contributed by atoms with Gasteiger partial charge in [-0.1, -0.05) is 29.8 Å². The molecule has 1 aliphatic heterocycles. The summed E-state index contributed by atoms with van der Waals surface area (Å²) in [4.78, 5) is 2.55. The molecule has 1 saturated heterocycles. The number of benzene rings is 2. The monoisotopic (exact) mass is 544 g/mol. The summed E-state index contributed by atoms with van der Waals surface area (Å²) in [5.41, 5.74) is 1.94. The number of ether oxygens (including phenoxy) is 1. The van der Waals surface area contributed by atoms with E-state index in [9.17, 15) is 21.6 Å². The van der Waals surface area contributed by atoms with E-state index < -0.39 is 33.6 Å². The van der Waals surface area contributed by atoms with Gasteiger partial charge in [0.25, 0.3) is 10.0 Å². The first-order chi connectivity index (χ1) is 16.3. The van der Waals surface area contributed by atoms with E-state index in [2.05, 4.69) is 4.72 Å². The number of hydrogen-bond donors (Lipinski definition) is 1. The molecule has 1 aliphatic rings. The Balaban J connectivity index is 1.63. The molecule has 0 radical (unpaired) electrons. The van der Waals surface area contributed by atoms with Gasteiger partial charge in [0.1, 0.15) is 16.1 Å². The third-order valence-electron chi connectivity index (χ3n) is 5.88. The molecule has 1 atom stereocenters. The van der Waals surface area contributed by atoms with Gasteiger partial charge in [-0.15, -0.1) is 11.3 Å². The van der Waals surface area contributed by atoms with E-state index in [4.69, 9.17) is 16.3 Å². The van der Waals surface area contributed by atoms with Crippen molar-refractivity contribution in [3.63, 3.8) is 0 Å². The van der Waals surface area contributed by atoms with Crippen LogP contribution in [0.2, 0.25) is 5.02 Å². The van der Waals surface area contributed by atoms with Crippen molar-refractivity contribution < 1.29 is 26.3 Å². The molecular formula is C24H24ClF3N2O3S2. The molecule has 5 nitrogen and oxygen atoms in total. The Labute approximate surface area is 211 Å². The van der Waals surface area contributed by atoms with Crippen LogP contribution in [0.25, 0.3) is 10.4 Å². The quantitative estimate of drug-likeness (QED) is 0.380. The summed E-state index contributed by atoms with van der Waals surface area (Å²) in [5, 5.41) is 0.278. The number of anilines is 1. The van der Waals surface area contributed by atoms with Crippen molar-refractivity contribution in [2.45, 2.75) is 36.8 Å². The number of nitrogens with zero attached hydrogens (tertiary/aromatic N) is 1. The second-order valence-corrected chi connectivity index (χ2v) is 12.0. The van der Waals surface area contributed by atoms with Crippen LogP contribution in [-0.4, -0.2) is 39.6 Å². The first-order valence-electron chi connectivity index (χ1n) is 10.8. The molecule has 3 aromatic rings. The van der Waals surface area contributed by atoms with E-state index in [1.807, 2.05) is 44.0 Å². The van der Waals surface area contributed by atoms with E-state index in [0.717, 1.165) is 46.2 Å². The summed E-state index contributed by atoms with van der Waals surface area (Å²) in [6.07, 6.45) is -4.47. The smallest absolute Gasteiger partial charge is 0.419 e. The zero-order valence-electron chi connectivity index (χ0n) is 19.2. The Morgan fingerprint density at radius 1 is 1.11 bits per heavy atom. The van der Waals surface area contributed by atoms with E-state index in [0.29, 0.717) is 24.4 Å². The number of likely N-dealkylation sites (tertiary alicyclic amines) is 1. The van der Waals surface area contributed by atoms with E-state index in [-0.39, 0.29) is 14.9 Å². The van der Waals surface area contributed by atoms with E-state index in [1.165, 1.54) is 6.07 Å². The normalized spacial score (nSPS) is 17.1. The second-order valence-electron chi connectivity index (χ2n) is 8.65. The van der Waals surface area contributed by atoms with Crippen molar-refractivity contribution in [1.29, 1.82) is 0 Å². The van der Waals surface area contributed by atoms with Crippen molar-refractivity contribution >= 4 is 38.6 Å². The summed E-state index contributed by atoms with van der Waals surface area (Å²) in [6, 6.07) is 10.0. The minimum absolute atomic E-state index is 0.0309. The zero-order valence-corrected chi connectivity index (χ0v) is 21.6. The number of alkyl halides is 3. The molecule has 1 N–H and O–H groups in total. The lowest BCUT2D eigenvalue weighted by atomic mass is 10.1. The largest absolute Gasteiger partial charge is 0.488 e. The topological polar surface area (TPSA) is 58.6 Å². The summed E-state index contributed by atoms with van der Waals surface area (Å²) < 4.78 is 74.8. The van der Waals surface area contributed by atoms with Crippen molar-refractivity contribution in [3.05, 3.63) is 64.2 Å². The van der Waals surface area contributed by atoms with Gasteiger partial charge >= 0.3 is 6.18 Å². The Kier molecular flexibility index (Phi) is 7.11. The van der Waals surface area contributed by atoms with Gasteiger partial charge in [-0.05, 0) is 62.2 Å². The number of halogens is 4.